The predicted octanol–water partition coefficient (Wildman–Crippen LogP) is 5.11. The minimum Gasteiger partial charge on any atom is -0.382 e. The molecule has 0 amide bonds. The van der Waals surface area contributed by atoms with Crippen LogP contribution in [0.3, 0.4) is 0 Å². The fourth-order valence-electron chi connectivity index (χ4n) is 5.47. The Morgan fingerprint density at radius 1 is 1.10 bits per heavy atom. The number of nitrogen functional groups attached to an aromatic ring is 1. The molecule has 9 nitrogen and oxygen atoms in total. The van der Waals surface area contributed by atoms with Crippen LogP contribution >= 0.6 is 0 Å². The average Bonchev–Trinajstić information content (AvgIpc) is 3.35. The minimum atomic E-state index is -4.35. The highest BCUT2D eigenvalue weighted by Crippen LogP contribution is 2.37. The van der Waals surface area contributed by atoms with Crippen molar-refractivity contribution in [2.24, 2.45) is 0 Å². The van der Waals surface area contributed by atoms with E-state index >= 15 is 4.39 Å². The van der Waals surface area contributed by atoms with Gasteiger partial charge in [0.2, 0.25) is 0 Å². The standard InChI is InChI=1S/C30H32F2N6O3S/c1-17(2)30-36-27(19-9-12-24(23(32)13-19)37-42(39,40)26-6-4-3-5-22(26)31)28-29(33)34-14-25(38(28)30)18-7-10-20(11-8-18)35-21-15-41-16-21/h3-7,9,12-14,17,20-21,35,37H,8,10-11,15-16H2,1-2H3,(H2,33,34). The number of halogens is 2. The third kappa shape index (κ3) is 5.25. The molecule has 1 atom stereocenters. The van der Waals surface area contributed by atoms with Crippen molar-refractivity contribution in [1.82, 2.24) is 19.7 Å². The first-order valence-corrected chi connectivity index (χ1v) is 15.4. The molecule has 1 aliphatic heterocycles. The number of ether oxygens (including phenoxy) is 1. The Labute approximate surface area is 242 Å². The van der Waals surface area contributed by atoms with Crippen LogP contribution in [0.15, 0.2) is 59.6 Å². The van der Waals surface area contributed by atoms with Gasteiger partial charge < -0.3 is 15.8 Å². The van der Waals surface area contributed by atoms with Crippen molar-refractivity contribution in [2.45, 2.75) is 56.0 Å². The average molecular weight is 595 g/mol. The van der Waals surface area contributed by atoms with Crippen LogP contribution in [-0.2, 0) is 14.8 Å². The number of nitrogens with one attached hydrogen (secondary N) is 2. The first-order chi connectivity index (χ1) is 20.1. The Morgan fingerprint density at radius 3 is 2.52 bits per heavy atom. The van der Waals surface area contributed by atoms with Gasteiger partial charge in [-0.2, -0.15) is 0 Å². The summed E-state index contributed by atoms with van der Waals surface area (Å²) in [6.45, 7) is 5.56. The van der Waals surface area contributed by atoms with E-state index in [1.54, 1.807) is 12.3 Å². The summed E-state index contributed by atoms with van der Waals surface area (Å²) in [5.74, 6) is -0.756. The van der Waals surface area contributed by atoms with E-state index in [1.807, 2.05) is 18.2 Å². The summed E-state index contributed by atoms with van der Waals surface area (Å²) in [5, 5.41) is 3.64. The number of imidazole rings is 1. The Balaban J connectivity index is 1.36. The van der Waals surface area contributed by atoms with Gasteiger partial charge in [0, 0.05) is 17.5 Å². The van der Waals surface area contributed by atoms with Crippen LogP contribution in [0, 0.1) is 11.6 Å². The lowest BCUT2D eigenvalue weighted by Gasteiger charge is -2.33. The molecule has 12 heteroatoms. The van der Waals surface area contributed by atoms with E-state index in [0.717, 1.165) is 61.7 Å². The number of anilines is 2. The number of rotatable bonds is 8. The fraction of sp³-hybridized carbons (Fsp3) is 0.333. The van der Waals surface area contributed by atoms with E-state index in [0.29, 0.717) is 28.9 Å². The largest absolute Gasteiger partial charge is 0.382 e. The smallest absolute Gasteiger partial charge is 0.264 e. The number of hydrogen-bond donors (Lipinski definition) is 3. The number of fused-ring (bicyclic) bond motifs is 1. The first-order valence-electron chi connectivity index (χ1n) is 13.9. The highest BCUT2D eigenvalue weighted by Gasteiger charge is 2.27. The van der Waals surface area contributed by atoms with Crippen LogP contribution in [0.2, 0.25) is 0 Å². The molecule has 6 rings (SSSR count). The van der Waals surface area contributed by atoms with Crippen molar-refractivity contribution in [2.75, 3.05) is 23.7 Å². The zero-order valence-electron chi connectivity index (χ0n) is 23.3. The van der Waals surface area contributed by atoms with Gasteiger partial charge in [-0.3, -0.25) is 9.12 Å². The summed E-state index contributed by atoms with van der Waals surface area (Å²) in [4.78, 5) is 8.80. The Morgan fingerprint density at radius 2 is 1.88 bits per heavy atom. The summed E-state index contributed by atoms with van der Waals surface area (Å²) < 4.78 is 64.4. The molecule has 42 heavy (non-hydrogen) atoms. The highest BCUT2D eigenvalue weighted by atomic mass is 32.2. The molecule has 1 fully saturated rings. The van der Waals surface area contributed by atoms with Crippen molar-refractivity contribution >= 4 is 32.6 Å². The maximum atomic E-state index is 15.4. The molecule has 0 saturated carbocycles. The molecule has 0 radical (unpaired) electrons. The van der Waals surface area contributed by atoms with Gasteiger partial charge in [-0.05, 0) is 49.1 Å². The van der Waals surface area contributed by atoms with Crippen LogP contribution < -0.4 is 15.8 Å². The topological polar surface area (TPSA) is 124 Å². The molecule has 1 aliphatic carbocycles. The van der Waals surface area contributed by atoms with E-state index in [9.17, 15) is 12.8 Å². The maximum Gasteiger partial charge on any atom is 0.264 e. The lowest BCUT2D eigenvalue weighted by molar-refractivity contribution is -0.0103. The predicted molar refractivity (Wildman–Crippen MR) is 157 cm³/mol. The van der Waals surface area contributed by atoms with E-state index < -0.39 is 26.6 Å². The fourth-order valence-corrected chi connectivity index (χ4v) is 6.62. The second kappa shape index (κ2) is 11.1. The number of hydrogen-bond acceptors (Lipinski definition) is 7. The van der Waals surface area contributed by atoms with Crippen LogP contribution in [0.5, 0.6) is 0 Å². The number of nitrogens with zero attached hydrogens (tertiary/aromatic N) is 3. The summed E-state index contributed by atoms with van der Waals surface area (Å²) in [7, 11) is -4.35. The van der Waals surface area contributed by atoms with Crippen molar-refractivity contribution < 1.29 is 21.9 Å². The molecule has 0 spiro atoms. The SMILES string of the molecule is CC(C)c1nc(-c2ccc(NS(=O)(=O)c3ccccc3F)c(F)c2)c2c(N)ncc(C3=CCC(NC4COC4)CC3)n12. The molecular formula is C30H32F2N6O3S. The van der Waals surface area contributed by atoms with Crippen LogP contribution in [0.25, 0.3) is 22.3 Å². The molecule has 2 aliphatic rings. The number of aromatic nitrogens is 3. The van der Waals surface area contributed by atoms with Gasteiger partial charge in [-0.15, -0.1) is 0 Å². The molecule has 0 bridgehead atoms. The first kappa shape index (κ1) is 28.3. The Hall–Kier alpha value is -3.87. The Bertz CT molecular complexity index is 1800. The molecular weight excluding hydrogens is 562 g/mol. The van der Waals surface area contributed by atoms with Gasteiger partial charge in [0.25, 0.3) is 10.0 Å². The molecule has 1 saturated heterocycles. The van der Waals surface area contributed by atoms with Gasteiger partial charge in [-0.25, -0.2) is 27.2 Å². The second-order valence-electron chi connectivity index (χ2n) is 11.0. The Kier molecular flexibility index (Phi) is 7.46. The lowest BCUT2D eigenvalue weighted by Crippen LogP contribution is -2.50. The quantitative estimate of drug-likeness (QED) is 0.259. The zero-order valence-corrected chi connectivity index (χ0v) is 24.1. The van der Waals surface area contributed by atoms with Gasteiger partial charge in [0.15, 0.2) is 0 Å². The van der Waals surface area contributed by atoms with E-state index in [-0.39, 0.29) is 17.4 Å². The van der Waals surface area contributed by atoms with Crippen molar-refractivity contribution in [1.29, 1.82) is 0 Å². The van der Waals surface area contributed by atoms with Crippen molar-refractivity contribution in [3.8, 4) is 11.3 Å². The van der Waals surface area contributed by atoms with Gasteiger partial charge in [-0.1, -0.05) is 38.1 Å². The number of sulfonamides is 1. The molecule has 1 unspecified atom stereocenters. The highest BCUT2D eigenvalue weighted by molar-refractivity contribution is 7.92. The maximum absolute atomic E-state index is 15.4. The zero-order chi connectivity index (χ0) is 29.6. The van der Waals surface area contributed by atoms with Crippen LogP contribution in [-0.4, -0.2) is 48.1 Å². The molecule has 2 aromatic carbocycles. The molecule has 3 heterocycles. The van der Waals surface area contributed by atoms with Crippen molar-refractivity contribution in [3.63, 3.8) is 0 Å². The third-order valence-electron chi connectivity index (χ3n) is 7.69. The summed E-state index contributed by atoms with van der Waals surface area (Å²) in [5.41, 5.74) is 9.52. The van der Waals surface area contributed by atoms with E-state index in [1.165, 1.54) is 24.3 Å². The van der Waals surface area contributed by atoms with Gasteiger partial charge in [0.1, 0.15) is 39.4 Å². The normalized spacial score (nSPS) is 17.8. The summed E-state index contributed by atoms with van der Waals surface area (Å²) in [6, 6.07) is 9.76. The van der Waals surface area contributed by atoms with Crippen molar-refractivity contribution in [3.05, 3.63) is 77.9 Å². The van der Waals surface area contributed by atoms with Crippen LogP contribution in [0.4, 0.5) is 20.3 Å². The number of nitrogens with two attached hydrogens (primary N) is 1. The molecule has 4 aromatic rings. The summed E-state index contributed by atoms with van der Waals surface area (Å²) >= 11 is 0. The van der Waals surface area contributed by atoms with E-state index in [4.69, 9.17) is 15.5 Å². The minimum absolute atomic E-state index is 0.0146. The third-order valence-corrected chi connectivity index (χ3v) is 9.09. The van der Waals surface area contributed by atoms with Crippen LogP contribution in [0.1, 0.15) is 50.5 Å². The van der Waals surface area contributed by atoms with Gasteiger partial charge >= 0.3 is 0 Å². The number of benzene rings is 2. The van der Waals surface area contributed by atoms with E-state index in [2.05, 4.69) is 21.1 Å². The van der Waals surface area contributed by atoms with Gasteiger partial charge in [0.05, 0.1) is 36.8 Å². The monoisotopic (exact) mass is 594 g/mol. The molecule has 220 valence electrons. The summed E-state index contributed by atoms with van der Waals surface area (Å²) in [6.07, 6.45) is 6.70. The lowest BCUT2D eigenvalue weighted by atomic mass is 9.92. The number of allylic oxidation sites excluding steroid dienone is 1. The second-order valence-corrected chi connectivity index (χ2v) is 12.7. The molecule has 2 aromatic heterocycles. The molecule has 4 N–H and O–H groups in total.